The molecule has 0 radical (unpaired) electrons. The maximum atomic E-state index is 5.69. The highest BCUT2D eigenvalue weighted by atomic mass is 15.0. The van der Waals surface area contributed by atoms with Crippen LogP contribution in [0, 0.1) is 0 Å². The lowest BCUT2D eigenvalue weighted by Gasteiger charge is -2.34. The predicted molar refractivity (Wildman–Crippen MR) is 87.0 cm³/mol. The Hall–Kier alpha value is -1.61. The van der Waals surface area contributed by atoms with E-state index in [4.69, 9.17) is 5.73 Å². The smallest absolute Gasteiger partial charge is 0.0722 e. The number of rotatable bonds is 7. The van der Waals surface area contributed by atoms with Crippen molar-refractivity contribution in [1.29, 1.82) is 0 Å². The van der Waals surface area contributed by atoms with E-state index < -0.39 is 0 Å². The van der Waals surface area contributed by atoms with Crippen LogP contribution in [-0.4, -0.2) is 17.1 Å². The third-order valence-corrected chi connectivity index (χ3v) is 4.26. The Labute approximate surface area is 121 Å². The Kier molecular flexibility index (Phi) is 4.96. The Morgan fingerprint density at radius 1 is 1.15 bits per heavy atom. The van der Waals surface area contributed by atoms with Crippen LogP contribution < -0.4 is 11.1 Å². The molecule has 3 nitrogen and oxygen atoms in total. The highest BCUT2D eigenvalue weighted by molar-refractivity contribution is 5.91. The van der Waals surface area contributed by atoms with E-state index in [1.54, 1.807) is 0 Å². The van der Waals surface area contributed by atoms with Gasteiger partial charge in [-0.05, 0) is 44.4 Å². The molecular weight excluding hydrogens is 246 g/mol. The number of hydrogen-bond donors (Lipinski definition) is 2. The van der Waals surface area contributed by atoms with Gasteiger partial charge in [-0.3, -0.25) is 4.98 Å². The molecule has 3 heteroatoms. The van der Waals surface area contributed by atoms with Crippen molar-refractivity contribution in [2.75, 3.05) is 11.9 Å². The van der Waals surface area contributed by atoms with Crippen molar-refractivity contribution >= 4 is 16.6 Å². The summed E-state index contributed by atoms with van der Waals surface area (Å²) in [5.74, 6) is 0. The van der Waals surface area contributed by atoms with Crippen LogP contribution in [0.3, 0.4) is 0 Å². The zero-order chi connectivity index (χ0) is 14.4. The van der Waals surface area contributed by atoms with Crippen LogP contribution in [0.4, 0.5) is 5.69 Å². The molecule has 1 heterocycles. The van der Waals surface area contributed by atoms with Gasteiger partial charge in [-0.1, -0.05) is 32.0 Å². The summed E-state index contributed by atoms with van der Waals surface area (Å²) in [7, 11) is 0. The lowest BCUT2D eigenvalue weighted by Crippen LogP contribution is -2.37. The first-order valence-corrected chi connectivity index (χ1v) is 7.56. The van der Waals surface area contributed by atoms with Crippen LogP contribution in [0.1, 0.15) is 39.5 Å². The number of para-hydroxylation sites is 1. The van der Waals surface area contributed by atoms with Crippen LogP contribution >= 0.6 is 0 Å². The molecule has 0 unspecified atom stereocenters. The van der Waals surface area contributed by atoms with Crippen molar-refractivity contribution in [3.8, 4) is 0 Å². The number of hydrogen-bond acceptors (Lipinski definition) is 3. The molecular formula is C17H25N3. The first kappa shape index (κ1) is 14.8. The van der Waals surface area contributed by atoms with Crippen molar-refractivity contribution < 1.29 is 0 Å². The molecule has 0 spiro atoms. The summed E-state index contributed by atoms with van der Waals surface area (Å²) >= 11 is 0. The molecule has 2 rings (SSSR count). The van der Waals surface area contributed by atoms with Crippen molar-refractivity contribution in [2.45, 2.75) is 45.1 Å². The van der Waals surface area contributed by atoms with Crippen LogP contribution in [0.15, 0.2) is 36.5 Å². The summed E-state index contributed by atoms with van der Waals surface area (Å²) in [5, 5.41) is 4.96. The fourth-order valence-electron chi connectivity index (χ4n) is 2.77. The van der Waals surface area contributed by atoms with Gasteiger partial charge in [0.05, 0.1) is 5.52 Å². The zero-order valence-electron chi connectivity index (χ0n) is 12.5. The molecule has 20 heavy (non-hydrogen) atoms. The Morgan fingerprint density at radius 3 is 2.60 bits per heavy atom. The van der Waals surface area contributed by atoms with Gasteiger partial charge in [0.25, 0.3) is 0 Å². The summed E-state index contributed by atoms with van der Waals surface area (Å²) in [5.41, 5.74) is 8.04. The quantitative estimate of drug-likeness (QED) is 0.802. The molecule has 1 aromatic carbocycles. The molecule has 0 atom stereocenters. The van der Waals surface area contributed by atoms with Crippen molar-refractivity contribution in [3.63, 3.8) is 0 Å². The monoisotopic (exact) mass is 271 g/mol. The van der Waals surface area contributed by atoms with Crippen LogP contribution in [0.25, 0.3) is 10.9 Å². The first-order chi connectivity index (χ1) is 9.74. The Bertz CT molecular complexity index is 541. The molecule has 0 amide bonds. The summed E-state index contributed by atoms with van der Waals surface area (Å²) in [6, 6.07) is 10.4. The number of pyridine rings is 1. The summed E-state index contributed by atoms with van der Waals surface area (Å²) in [4.78, 5) is 4.43. The largest absolute Gasteiger partial charge is 0.379 e. The van der Waals surface area contributed by atoms with E-state index in [0.29, 0.717) is 0 Å². The average Bonchev–Trinajstić information content (AvgIpc) is 2.52. The van der Waals surface area contributed by atoms with E-state index >= 15 is 0 Å². The van der Waals surface area contributed by atoms with Crippen molar-refractivity contribution in [2.24, 2.45) is 5.73 Å². The number of fused-ring (bicyclic) bond motifs is 1. The fraction of sp³-hybridized carbons (Fsp3) is 0.471. The lowest BCUT2D eigenvalue weighted by molar-refractivity contribution is 0.394. The van der Waals surface area contributed by atoms with E-state index in [0.717, 1.165) is 37.7 Å². The van der Waals surface area contributed by atoms with Gasteiger partial charge in [0.15, 0.2) is 0 Å². The molecule has 0 saturated heterocycles. The second-order valence-corrected chi connectivity index (χ2v) is 5.38. The Balaban J connectivity index is 2.33. The SMILES string of the molecule is CCC(CC)(CCCN)Nc1ccnc2ccccc12. The Morgan fingerprint density at radius 2 is 1.90 bits per heavy atom. The number of nitrogens with zero attached hydrogens (tertiary/aromatic N) is 1. The standard InChI is InChI=1S/C17H25N3/c1-3-17(4-2,11-7-12-18)20-16-10-13-19-15-9-6-5-8-14(15)16/h5-6,8-10,13H,3-4,7,11-12,18H2,1-2H3,(H,19,20). The third-order valence-electron chi connectivity index (χ3n) is 4.26. The van der Waals surface area contributed by atoms with Gasteiger partial charge in [-0.25, -0.2) is 0 Å². The molecule has 2 aromatic rings. The number of anilines is 1. The lowest BCUT2D eigenvalue weighted by atomic mass is 9.87. The second kappa shape index (κ2) is 6.71. The average molecular weight is 271 g/mol. The topological polar surface area (TPSA) is 50.9 Å². The van der Waals surface area contributed by atoms with E-state index in [9.17, 15) is 0 Å². The van der Waals surface area contributed by atoms with Crippen molar-refractivity contribution in [3.05, 3.63) is 36.5 Å². The van der Waals surface area contributed by atoms with Gasteiger partial charge in [0.2, 0.25) is 0 Å². The maximum Gasteiger partial charge on any atom is 0.0722 e. The first-order valence-electron chi connectivity index (χ1n) is 7.56. The molecule has 0 aliphatic heterocycles. The van der Waals surface area contributed by atoms with E-state index in [-0.39, 0.29) is 5.54 Å². The molecule has 0 aliphatic rings. The zero-order valence-corrected chi connectivity index (χ0v) is 12.5. The van der Waals surface area contributed by atoms with Crippen LogP contribution in [0.2, 0.25) is 0 Å². The maximum absolute atomic E-state index is 5.69. The minimum Gasteiger partial charge on any atom is -0.379 e. The molecule has 1 aromatic heterocycles. The van der Waals surface area contributed by atoms with Crippen LogP contribution in [0.5, 0.6) is 0 Å². The van der Waals surface area contributed by atoms with Gasteiger partial charge in [0, 0.05) is 22.8 Å². The second-order valence-electron chi connectivity index (χ2n) is 5.38. The highest BCUT2D eigenvalue weighted by Gasteiger charge is 2.25. The molecule has 0 bridgehead atoms. The molecule has 0 aliphatic carbocycles. The van der Waals surface area contributed by atoms with Gasteiger partial charge in [0.1, 0.15) is 0 Å². The van der Waals surface area contributed by atoms with Gasteiger partial charge >= 0.3 is 0 Å². The minimum atomic E-state index is 0.128. The number of aromatic nitrogens is 1. The van der Waals surface area contributed by atoms with E-state index in [1.165, 1.54) is 11.1 Å². The number of nitrogens with one attached hydrogen (secondary N) is 1. The molecule has 108 valence electrons. The molecule has 3 N–H and O–H groups in total. The van der Waals surface area contributed by atoms with Gasteiger partial charge in [-0.15, -0.1) is 0 Å². The van der Waals surface area contributed by atoms with Crippen molar-refractivity contribution in [1.82, 2.24) is 4.98 Å². The number of nitrogens with two attached hydrogens (primary N) is 1. The normalized spacial score (nSPS) is 11.8. The van der Waals surface area contributed by atoms with E-state index in [2.05, 4.69) is 48.4 Å². The predicted octanol–water partition coefficient (Wildman–Crippen LogP) is 3.94. The third kappa shape index (κ3) is 3.10. The van der Waals surface area contributed by atoms with Crippen LogP contribution in [-0.2, 0) is 0 Å². The van der Waals surface area contributed by atoms with Gasteiger partial charge in [-0.2, -0.15) is 0 Å². The van der Waals surface area contributed by atoms with E-state index in [1.807, 2.05) is 12.3 Å². The summed E-state index contributed by atoms with van der Waals surface area (Å²) in [6.07, 6.45) is 6.23. The molecule has 0 saturated carbocycles. The molecule has 0 fully saturated rings. The van der Waals surface area contributed by atoms with Gasteiger partial charge < -0.3 is 11.1 Å². The highest BCUT2D eigenvalue weighted by Crippen LogP contribution is 2.30. The minimum absolute atomic E-state index is 0.128. The fourth-order valence-corrected chi connectivity index (χ4v) is 2.77. The number of benzene rings is 1. The summed E-state index contributed by atoms with van der Waals surface area (Å²) in [6.45, 7) is 5.24. The summed E-state index contributed by atoms with van der Waals surface area (Å²) < 4.78 is 0.